The summed E-state index contributed by atoms with van der Waals surface area (Å²) in [5, 5.41) is 0. The zero-order valence-electron chi connectivity index (χ0n) is 9.85. The number of hydrogen-bond acceptors (Lipinski definition) is 4. The van der Waals surface area contributed by atoms with Crippen LogP contribution in [0.4, 0.5) is 5.69 Å². The molecule has 0 unspecified atom stereocenters. The molecule has 2 heterocycles. The lowest BCUT2D eigenvalue weighted by atomic mass is 10.2. The summed E-state index contributed by atoms with van der Waals surface area (Å²) in [6, 6.07) is 1.71. The van der Waals surface area contributed by atoms with Gasteiger partial charge in [0.2, 0.25) is 0 Å². The third-order valence-electron chi connectivity index (χ3n) is 3.10. The Balaban J connectivity index is 2.17. The number of nitrogens with one attached hydrogen (secondary N) is 1. The van der Waals surface area contributed by atoms with Crippen LogP contribution in [0.1, 0.15) is 36.0 Å². The maximum Gasteiger partial charge on any atom is 0.256 e. The van der Waals surface area contributed by atoms with E-state index in [9.17, 15) is 4.79 Å². The lowest BCUT2D eigenvalue weighted by Crippen LogP contribution is -2.32. The summed E-state index contributed by atoms with van der Waals surface area (Å²) in [7, 11) is 0. The Labute approximate surface area is 101 Å². The summed E-state index contributed by atoms with van der Waals surface area (Å²) in [6.07, 6.45) is 7.78. The average Bonchev–Trinajstić information content (AvgIpc) is 2.66. The third-order valence-corrected chi connectivity index (χ3v) is 3.10. The number of rotatable bonds is 2. The molecule has 5 heteroatoms. The van der Waals surface area contributed by atoms with Crippen LogP contribution in [-0.4, -0.2) is 28.9 Å². The largest absolute Gasteiger partial charge is 0.339 e. The molecule has 1 aliphatic heterocycles. The van der Waals surface area contributed by atoms with Gasteiger partial charge in [-0.2, -0.15) is 0 Å². The number of aromatic nitrogens is 1. The van der Waals surface area contributed by atoms with E-state index >= 15 is 0 Å². The van der Waals surface area contributed by atoms with Gasteiger partial charge in [0.25, 0.3) is 5.91 Å². The number of nitrogens with zero attached hydrogens (tertiary/aromatic N) is 2. The van der Waals surface area contributed by atoms with Crippen LogP contribution in [0.15, 0.2) is 18.5 Å². The van der Waals surface area contributed by atoms with Gasteiger partial charge in [0.1, 0.15) is 0 Å². The first-order chi connectivity index (χ1) is 8.33. The van der Waals surface area contributed by atoms with Crippen molar-refractivity contribution in [3.63, 3.8) is 0 Å². The van der Waals surface area contributed by atoms with Crippen molar-refractivity contribution < 1.29 is 4.79 Å². The van der Waals surface area contributed by atoms with Crippen molar-refractivity contribution in [1.29, 1.82) is 0 Å². The average molecular weight is 234 g/mol. The second-order valence-electron chi connectivity index (χ2n) is 4.27. The van der Waals surface area contributed by atoms with E-state index in [0.29, 0.717) is 11.3 Å². The first-order valence-electron chi connectivity index (χ1n) is 6.03. The molecule has 0 saturated carbocycles. The lowest BCUT2D eigenvalue weighted by molar-refractivity contribution is 0.0762. The van der Waals surface area contributed by atoms with Gasteiger partial charge in [-0.15, -0.1) is 0 Å². The van der Waals surface area contributed by atoms with E-state index in [1.54, 1.807) is 18.5 Å². The van der Waals surface area contributed by atoms with Crippen LogP contribution < -0.4 is 11.3 Å². The van der Waals surface area contributed by atoms with Crippen molar-refractivity contribution in [2.45, 2.75) is 25.7 Å². The van der Waals surface area contributed by atoms with Crippen molar-refractivity contribution in [2.24, 2.45) is 5.84 Å². The number of nitrogens with two attached hydrogens (primary N) is 1. The number of anilines is 1. The molecule has 1 saturated heterocycles. The van der Waals surface area contributed by atoms with Gasteiger partial charge in [0.15, 0.2) is 0 Å². The highest BCUT2D eigenvalue weighted by Crippen LogP contribution is 2.17. The van der Waals surface area contributed by atoms with Crippen molar-refractivity contribution in [3.8, 4) is 0 Å². The molecule has 0 radical (unpaired) electrons. The van der Waals surface area contributed by atoms with Gasteiger partial charge in [-0.1, -0.05) is 12.8 Å². The molecule has 1 amide bonds. The number of pyridine rings is 1. The van der Waals surface area contributed by atoms with Gasteiger partial charge in [0.05, 0.1) is 17.4 Å². The van der Waals surface area contributed by atoms with Gasteiger partial charge in [0, 0.05) is 19.3 Å². The van der Waals surface area contributed by atoms with Crippen LogP contribution in [-0.2, 0) is 0 Å². The number of amides is 1. The molecule has 5 nitrogen and oxygen atoms in total. The molecule has 0 atom stereocenters. The Bertz CT molecular complexity index is 386. The summed E-state index contributed by atoms with van der Waals surface area (Å²) >= 11 is 0. The van der Waals surface area contributed by atoms with Crippen LogP contribution in [0.5, 0.6) is 0 Å². The molecule has 1 aromatic heterocycles. The van der Waals surface area contributed by atoms with Crippen LogP contribution in [0.25, 0.3) is 0 Å². The molecule has 92 valence electrons. The van der Waals surface area contributed by atoms with Crippen LogP contribution in [0.3, 0.4) is 0 Å². The number of hydrazine groups is 1. The summed E-state index contributed by atoms with van der Waals surface area (Å²) in [6.45, 7) is 1.68. The highest BCUT2D eigenvalue weighted by atomic mass is 16.2. The Morgan fingerprint density at radius 2 is 2.00 bits per heavy atom. The molecular weight excluding hydrogens is 216 g/mol. The molecule has 0 bridgehead atoms. The van der Waals surface area contributed by atoms with E-state index in [4.69, 9.17) is 5.84 Å². The summed E-state index contributed by atoms with van der Waals surface area (Å²) in [5.74, 6) is 5.43. The number of hydrogen-bond donors (Lipinski definition) is 2. The maximum absolute atomic E-state index is 12.3. The molecule has 0 aliphatic carbocycles. The zero-order valence-corrected chi connectivity index (χ0v) is 9.85. The molecule has 1 aromatic rings. The van der Waals surface area contributed by atoms with Gasteiger partial charge >= 0.3 is 0 Å². The Morgan fingerprint density at radius 1 is 1.29 bits per heavy atom. The quantitative estimate of drug-likeness (QED) is 0.599. The van der Waals surface area contributed by atoms with Crippen molar-refractivity contribution in [1.82, 2.24) is 9.88 Å². The minimum absolute atomic E-state index is 0.0438. The number of carbonyl (C=O) groups is 1. The van der Waals surface area contributed by atoms with E-state index in [1.807, 2.05) is 4.90 Å². The number of nitrogen functional groups attached to an aromatic ring is 1. The smallest absolute Gasteiger partial charge is 0.256 e. The Hall–Kier alpha value is -1.62. The van der Waals surface area contributed by atoms with Gasteiger partial charge in [-0.25, -0.2) is 0 Å². The molecule has 0 spiro atoms. The summed E-state index contributed by atoms with van der Waals surface area (Å²) in [5.41, 5.74) is 3.71. The standard InChI is InChI=1S/C12H18N4O/c13-15-11-9-14-6-5-10(11)12(17)16-7-3-1-2-4-8-16/h5-6,9,15H,1-4,7-8,13H2. The van der Waals surface area contributed by atoms with Gasteiger partial charge in [-0.05, 0) is 18.9 Å². The monoisotopic (exact) mass is 234 g/mol. The molecular formula is C12H18N4O. The molecule has 17 heavy (non-hydrogen) atoms. The van der Waals surface area contributed by atoms with E-state index < -0.39 is 0 Å². The fourth-order valence-electron chi connectivity index (χ4n) is 2.14. The van der Waals surface area contributed by atoms with Crippen molar-refractivity contribution >= 4 is 11.6 Å². The Morgan fingerprint density at radius 3 is 2.65 bits per heavy atom. The maximum atomic E-state index is 12.3. The van der Waals surface area contributed by atoms with Crippen LogP contribution >= 0.6 is 0 Å². The van der Waals surface area contributed by atoms with Crippen LogP contribution in [0, 0.1) is 0 Å². The lowest BCUT2D eigenvalue weighted by Gasteiger charge is -2.21. The summed E-state index contributed by atoms with van der Waals surface area (Å²) in [4.78, 5) is 18.2. The number of likely N-dealkylation sites (tertiary alicyclic amines) is 1. The molecule has 0 aromatic carbocycles. The van der Waals surface area contributed by atoms with Gasteiger partial charge in [-0.3, -0.25) is 15.6 Å². The first kappa shape index (κ1) is 11.9. The molecule has 2 rings (SSSR count). The Kier molecular flexibility index (Phi) is 3.93. The third kappa shape index (κ3) is 2.74. The highest BCUT2D eigenvalue weighted by Gasteiger charge is 2.19. The normalized spacial score (nSPS) is 16.4. The SMILES string of the molecule is NNc1cnccc1C(=O)N1CCCCCC1. The van der Waals surface area contributed by atoms with E-state index in [2.05, 4.69) is 10.4 Å². The van der Waals surface area contributed by atoms with Crippen molar-refractivity contribution in [3.05, 3.63) is 24.0 Å². The number of carbonyl (C=O) groups excluding carboxylic acids is 1. The predicted octanol–water partition coefficient (Wildman–Crippen LogP) is 1.38. The van der Waals surface area contributed by atoms with Crippen LogP contribution in [0.2, 0.25) is 0 Å². The fourth-order valence-corrected chi connectivity index (χ4v) is 2.14. The zero-order chi connectivity index (χ0) is 12.1. The minimum atomic E-state index is 0.0438. The molecule has 1 fully saturated rings. The van der Waals surface area contributed by atoms with E-state index in [1.165, 1.54) is 12.8 Å². The summed E-state index contributed by atoms with van der Waals surface area (Å²) < 4.78 is 0. The van der Waals surface area contributed by atoms with E-state index in [0.717, 1.165) is 25.9 Å². The molecule has 1 aliphatic rings. The van der Waals surface area contributed by atoms with E-state index in [-0.39, 0.29) is 5.91 Å². The first-order valence-corrected chi connectivity index (χ1v) is 6.03. The minimum Gasteiger partial charge on any atom is -0.339 e. The second-order valence-corrected chi connectivity index (χ2v) is 4.27. The fraction of sp³-hybridized carbons (Fsp3) is 0.500. The predicted molar refractivity (Wildman–Crippen MR) is 66.4 cm³/mol. The molecule has 3 N–H and O–H groups in total. The van der Waals surface area contributed by atoms with Gasteiger partial charge < -0.3 is 10.3 Å². The van der Waals surface area contributed by atoms with Crippen molar-refractivity contribution in [2.75, 3.05) is 18.5 Å². The highest BCUT2D eigenvalue weighted by molar-refractivity contribution is 5.99. The second kappa shape index (κ2) is 5.63. The topological polar surface area (TPSA) is 71.2 Å².